The highest BCUT2D eigenvalue weighted by Gasteiger charge is 2.76. The fraction of sp³-hybridized carbons (Fsp3) is 0.731. The summed E-state index contributed by atoms with van der Waals surface area (Å²) in [7, 11) is 1.74. The summed E-state index contributed by atoms with van der Waals surface area (Å²) in [6.07, 6.45) is 9.36. The van der Waals surface area contributed by atoms with Crippen molar-refractivity contribution in [2.45, 2.75) is 78.4 Å². The van der Waals surface area contributed by atoms with Gasteiger partial charge in [-0.2, -0.15) is 0 Å². The van der Waals surface area contributed by atoms with Crippen molar-refractivity contribution in [2.75, 3.05) is 26.7 Å². The summed E-state index contributed by atoms with van der Waals surface area (Å²) in [4.78, 5) is 47.3. The van der Waals surface area contributed by atoms with Crippen LogP contribution in [0.5, 0.6) is 0 Å². The first-order chi connectivity index (χ1) is 16.7. The molecule has 0 aromatic rings. The van der Waals surface area contributed by atoms with Crippen molar-refractivity contribution < 1.29 is 19.5 Å². The number of rotatable bonds is 9. The van der Waals surface area contributed by atoms with E-state index in [1.165, 1.54) is 6.42 Å². The molecule has 4 rings (SSSR count). The van der Waals surface area contributed by atoms with Gasteiger partial charge in [0.15, 0.2) is 0 Å². The maximum atomic E-state index is 14.4. The molecule has 0 aromatic carbocycles. The second kappa shape index (κ2) is 10.6. The molecule has 3 heterocycles. The highest BCUT2D eigenvalue weighted by Crippen LogP contribution is 2.68. The number of nitrogens with zero attached hydrogens (tertiary/aromatic N) is 3. The van der Waals surface area contributed by atoms with Crippen LogP contribution in [0.25, 0.3) is 0 Å². The molecule has 0 radical (unpaired) electrons. The van der Waals surface area contributed by atoms with Crippen LogP contribution in [0.2, 0.25) is 0 Å². The monoisotopic (exact) mass is 567 g/mol. The van der Waals surface area contributed by atoms with Gasteiger partial charge < -0.3 is 19.8 Å². The number of thioether (sulfide) groups is 1. The maximum Gasteiger partial charge on any atom is 0.247 e. The Labute approximate surface area is 221 Å². The Balaban J connectivity index is 1.76. The third-order valence-corrected chi connectivity index (χ3v) is 11.6. The van der Waals surface area contributed by atoms with Crippen LogP contribution in [-0.4, -0.2) is 97.2 Å². The molecule has 3 saturated heterocycles. The van der Waals surface area contributed by atoms with Crippen LogP contribution in [0.4, 0.5) is 0 Å². The highest BCUT2D eigenvalue weighted by atomic mass is 79.9. The lowest BCUT2D eigenvalue weighted by Gasteiger charge is -2.42. The Morgan fingerprint density at radius 2 is 1.89 bits per heavy atom. The molecule has 1 saturated carbocycles. The number of amides is 3. The molecule has 4 fully saturated rings. The van der Waals surface area contributed by atoms with Crippen LogP contribution >= 0.6 is 27.7 Å². The van der Waals surface area contributed by atoms with Gasteiger partial charge in [0, 0.05) is 36.3 Å². The van der Waals surface area contributed by atoms with Crippen LogP contribution in [0.15, 0.2) is 25.3 Å². The standard InChI is InChI=1S/C26H38BrN3O4S/c1-5-12-28(4)23(32)19-20-24(33)30(16(3)15-31)22(26(20)14-18(27)21(19)35-26)25(34)29(13-6-2)17-10-8-7-9-11-17/h5-6,16-22,31H,1-2,7-15H2,3-4H3/t16-,18?,19-,20+,21-,22?,26?/m1/s1. The molecule has 3 amide bonds. The second-order valence-corrected chi connectivity index (χ2v) is 13.2. The van der Waals surface area contributed by atoms with E-state index in [2.05, 4.69) is 29.1 Å². The lowest BCUT2D eigenvalue weighted by atomic mass is 9.70. The molecule has 9 heteroatoms. The van der Waals surface area contributed by atoms with E-state index >= 15 is 0 Å². The maximum absolute atomic E-state index is 14.4. The zero-order valence-corrected chi connectivity index (χ0v) is 23.2. The summed E-state index contributed by atoms with van der Waals surface area (Å²) in [5, 5.41) is 10.0. The third-order valence-electron chi connectivity index (χ3n) is 8.39. The van der Waals surface area contributed by atoms with E-state index in [0.29, 0.717) is 19.5 Å². The quantitative estimate of drug-likeness (QED) is 0.342. The van der Waals surface area contributed by atoms with E-state index in [9.17, 15) is 19.5 Å². The number of alkyl halides is 1. The summed E-state index contributed by atoms with van der Waals surface area (Å²) >= 11 is 5.45. The number of likely N-dealkylation sites (N-methyl/N-ethyl adjacent to an activating group) is 1. The lowest BCUT2D eigenvalue weighted by molar-refractivity contribution is -0.147. The van der Waals surface area contributed by atoms with E-state index < -0.39 is 28.7 Å². The Morgan fingerprint density at radius 3 is 2.49 bits per heavy atom. The smallest absolute Gasteiger partial charge is 0.247 e. The number of hydrogen-bond acceptors (Lipinski definition) is 5. The summed E-state index contributed by atoms with van der Waals surface area (Å²) in [5.41, 5.74) is 0. The molecule has 7 atom stereocenters. The Hall–Kier alpha value is -1.32. The molecule has 1 spiro atoms. The van der Waals surface area contributed by atoms with Crippen LogP contribution in [0, 0.1) is 11.8 Å². The Morgan fingerprint density at radius 1 is 1.23 bits per heavy atom. The number of carbonyl (C=O) groups excluding carboxylic acids is 3. The van der Waals surface area contributed by atoms with Crippen LogP contribution < -0.4 is 0 Å². The molecule has 3 aliphatic heterocycles. The van der Waals surface area contributed by atoms with Gasteiger partial charge in [0.25, 0.3) is 0 Å². The fourth-order valence-corrected chi connectivity index (χ4v) is 10.4. The van der Waals surface area contributed by atoms with Crippen LogP contribution in [0.1, 0.15) is 45.4 Å². The van der Waals surface area contributed by atoms with Gasteiger partial charge in [0.1, 0.15) is 6.04 Å². The van der Waals surface area contributed by atoms with Gasteiger partial charge in [-0.15, -0.1) is 24.9 Å². The van der Waals surface area contributed by atoms with Crippen molar-refractivity contribution >= 4 is 45.4 Å². The number of likely N-dealkylation sites (tertiary alicyclic amines) is 1. The number of hydrogen-bond donors (Lipinski definition) is 1. The summed E-state index contributed by atoms with van der Waals surface area (Å²) in [5.74, 6) is -1.40. The van der Waals surface area contributed by atoms with E-state index in [4.69, 9.17) is 0 Å². The van der Waals surface area contributed by atoms with E-state index in [1.807, 2.05) is 4.90 Å². The number of aliphatic hydroxyl groups is 1. The first kappa shape index (κ1) is 26.7. The predicted octanol–water partition coefficient (Wildman–Crippen LogP) is 2.82. The third kappa shape index (κ3) is 4.29. The Kier molecular flexibility index (Phi) is 8.08. The van der Waals surface area contributed by atoms with Crippen molar-refractivity contribution in [3.8, 4) is 0 Å². The van der Waals surface area contributed by atoms with Crippen molar-refractivity contribution in [1.82, 2.24) is 14.7 Å². The summed E-state index contributed by atoms with van der Waals surface area (Å²) in [6, 6.07) is -1.09. The lowest BCUT2D eigenvalue weighted by Crippen LogP contribution is -2.59. The van der Waals surface area contributed by atoms with Crippen molar-refractivity contribution in [1.29, 1.82) is 0 Å². The number of aliphatic hydroxyl groups excluding tert-OH is 1. The predicted molar refractivity (Wildman–Crippen MR) is 142 cm³/mol. The van der Waals surface area contributed by atoms with E-state index in [0.717, 1.165) is 25.7 Å². The van der Waals surface area contributed by atoms with Gasteiger partial charge in [-0.25, -0.2) is 0 Å². The van der Waals surface area contributed by atoms with Gasteiger partial charge in [0.05, 0.1) is 29.2 Å². The first-order valence-electron chi connectivity index (χ1n) is 12.8. The average molecular weight is 569 g/mol. The van der Waals surface area contributed by atoms with Gasteiger partial charge in [-0.3, -0.25) is 14.4 Å². The van der Waals surface area contributed by atoms with Gasteiger partial charge >= 0.3 is 0 Å². The molecule has 1 N–H and O–H groups in total. The molecular formula is C26H38BrN3O4S. The SMILES string of the molecule is C=CCN(C)C(=O)[C@H]1[C@@H]2SC3(CC2Br)C(C(=O)N(CC=C)C2CCCCC2)N([C@H](C)CO)C(=O)[C@H]13. The Bertz CT molecular complexity index is 881. The second-order valence-electron chi connectivity index (χ2n) is 10.5. The molecule has 0 aromatic heterocycles. The van der Waals surface area contributed by atoms with E-state index in [-0.39, 0.29) is 40.4 Å². The van der Waals surface area contributed by atoms with Gasteiger partial charge in [0.2, 0.25) is 17.7 Å². The molecule has 35 heavy (non-hydrogen) atoms. The van der Waals surface area contributed by atoms with Crippen molar-refractivity contribution in [3.63, 3.8) is 0 Å². The zero-order chi connectivity index (χ0) is 25.5. The fourth-order valence-electron chi connectivity index (χ4n) is 6.84. The minimum atomic E-state index is -0.707. The average Bonchev–Trinajstić information content (AvgIpc) is 3.45. The number of carbonyl (C=O) groups is 3. The van der Waals surface area contributed by atoms with Crippen molar-refractivity contribution in [2.24, 2.45) is 11.8 Å². The summed E-state index contributed by atoms with van der Waals surface area (Å²) in [6.45, 7) is 10.0. The number of fused-ring (bicyclic) bond motifs is 1. The molecule has 7 nitrogen and oxygen atoms in total. The minimum Gasteiger partial charge on any atom is -0.394 e. The van der Waals surface area contributed by atoms with Crippen LogP contribution in [0.3, 0.4) is 0 Å². The molecule has 2 bridgehead atoms. The summed E-state index contributed by atoms with van der Waals surface area (Å²) < 4.78 is -0.695. The van der Waals surface area contributed by atoms with Crippen molar-refractivity contribution in [3.05, 3.63) is 25.3 Å². The minimum absolute atomic E-state index is 0.0323. The number of halogens is 1. The van der Waals surface area contributed by atoms with Gasteiger partial charge in [-0.05, 0) is 26.2 Å². The molecule has 4 aliphatic rings. The normalized spacial score (nSPS) is 35.0. The highest BCUT2D eigenvalue weighted by molar-refractivity contribution is 9.09. The first-order valence-corrected chi connectivity index (χ1v) is 14.5. The molecular weight excluding hydrogens is 530 g/mol. The molecule has 194 valence electrons. The van der Waals surface area contributed by atoms with Gasteiger partial charge in [-0.1, -0.05) is 47.3 Å². The molecule has 1 aliphatic carbocycles. The van der Waals surface area contributed by atoms with E-state index in [1.54, 1.807) is 47.7 Å². The largest absolute Gasteiger partial charge is 0.394 e. The molecule has 3 unspecified atom stereocenters. The zero-order valence-electron chi connectivity index (χ0n) is 20.8. The van der Waals surface area contributed by atoms with Crippen LogP contribution in [-0.2, 0) is 14.4 Å². The topological polar surface area (TPSA) is 81.2 Å².